The molecule has 0 unspecified atom stereocenters. The molecule has 2 N–H and O–H groups in total. The van der Waals surface area contributed by atoms with E-state index in [0.717, 1.165) is 27.1 Å². The van der Waals surface area contributed by atoms with Gasteiger partial charge in [0.05, 0.1) is 20.0 Å². The second-order valence-electron chi connectivity index (χ2n) is 19.9. The maximum Gasteiger partial charge on any atom is 0.280 e. The van der Waals surface area contributed by atoms with Crippen molar-refractivity contribution < 1.29 is 22.7 Å². The molecule has 1 aliphatic rings. The van der Waals surface area contributed by atoms with E-state index in [4.69, 9.17) is 23.3 Å². The maximum atomic E-state index is 18.1. The van der Waals surface area contributed by atoms with E-state index in [-0.39, 0.29) is 33.8 Å². The van der Waals surface area contributed by atoms with Crippen LogP contribution in [0.2, 0.25) is 23.2 Å². The SMILES string of the molecule is C=C[C@]1(CO[Si](c2ccccc2)(c2ccccc2)C(C)(C)C)O[C@@H](n2cnc3c(=O)[nH]c(NC(c4ccccc4)(c4ccccc4)c4ccc(OC)cc4)nc32)[C@H](F)[C@@H]1O[Si](C)(C)C(C)(C)C. The molecule has 0 aliphatic carbocycles. The van der Waals surface area contributed by atoms with E-state index in [9.17, 15) is 4.79 Å². The van der Waals surface area contributed by atoms with Crippen LogP contribution < -0.4 is 26.0 Å². The zero-order chi connectivity index (χ0) is 47.8. The van der Waals surface area contributed by atoms with Crippen LogP contribution in [0.4, 0.5) is 10.3 Å². The first-order valence-corrected chi connectivity index (χ1v) is 27.6. The molecule has 3 heterocycles. The van der Waals surface area contributed by atoms with Crippen LogP contribution in [-0.4, -0.2) is 67.7 Å². The van der Waals surface area contributed by atoms with Gasteiger partial charge in [0.2, 0.25) is 5.95 Å². The Kier molecular flexibility index (Phi) is 13.0. The van der Waals surface area contributed by atoms with Crippen molar-refractivity contribution in [2.75, 3.05) is 19.0 Å². The number of hydrogen-bond donors (Lipinski definition) is 2. The van der Waals surface area contributed by atoms with E-state index in [1.807, 2.05) is 121 Å². The van der Waals surface area contributed by atoms with Crippen molar-refractivity contribution in [2.45, 2.75) is 94.4 Å². The molecular formula is C54H62FN5O5Si2. The third kappa shape index (κ3) is 8.52. The highest BCUT2D eigenvalue weighted by atomic mass is 28.4. The number of alkyl halides is 1. The highest BCUT2D eigenvalue weighted by molar-refractivity contribution is 6.99. The molecule has 2 aromatic heterocycles. The first-order valence-electron chi connectivity index (χ1n) is 22.8. The van der Waals surface area contributed by atoms with Gasteiger partial charge in [-0.05, 0) is 62.4 Å². The normalized spacial score (nSPS) is 19.3. The van der Waals surface area contributed by atoms with Gasteiger partial charge >= 0.3 is 0 Å². The molecular weight excluding hydrogens is 874 g/mol. The standard InChI is InChI=1S/C54H62FN5O5Si2/c1-11-53(36-63-67(52(5,6)7,42-28-20-14-21-29-42)43-30-22-15-23-31-43)46(65-66(9,10)51(2,3)4)44(55)49(64-53)60-37-56-45-47(60)57-50(58-48(45)61)59-54(38-24-16-12-17-25-38,39-26-18-13-19-27-39)40-32-34-41(62-8)35-33-40/h11-35,37,44,46,49H,1,36H2,2-10H3,(H2,57,58,59,61)/t44-,46+,49-,53-/m1/s1. The molecule has 0 radical (unpaired) electrons. The molecule has 1 saturated heterocycles. The molecule has 1 aliphatic heterocycles. The molecule has 13 heteroatoms. The minimum absolute atomic E-state index is 0.0253. The number of ether oxygens (including phenoxy) is 2. The third-order valence-corrected chi connectivity index (χ3v) is 23.3. The number of aromatic nitrogens is 4. The molecule has 5 aromatic carbocycles. The second-order valence-corrected chi connectivity index (χ2v) is 29.0. The first kappa shape index (κ1) is 47.5. The van der Waals surface area contributed by atoms with E-state index in [2.05, 4.69) is 101 Å². The summed E-state index contributed by atoms with van der Waals surface area (Å²) in [6.07, 6.45) is -1.19. The predicted octanol–water partition coefficient (Wildman–Crippen LogP) is 10.3. The van der Waals surface area contributed by atoms with E-state index >= 15 is 4.39 Å². The summed E-state index contributed by atoms with van der Waals surface area (Å²) in [4.78, 5) is 26.7. The second kappa shape index (κ2) is 18.3. The smallest absolute Gasteiger partial charge is 0.280 e. The van der Waals surface area contributed by atoms with E-state index in [1.54, 1.807) is 13.2 Å². The summed E-state index contributed by atoms with van der Waals surface area (Å²) in [7, 11) is -4.24. The molecule has 8 rings (SSSR count). The van der Waals surface area contributed by atoms with E-state index in [0.29, 0.717) is 5.75 Å². The van der Waals surface area contributed by atoms with Crippen LogP contribution in [-0.2, 0) is 19.1 Å². The fourth-order valence-electron chi connectivity index (χ4n) is 9.25. The van der Waals surface area contributed by atoms with Crippen LogP contribution in [0, 0.1) is 0 Å². The quantitative estimate of drug-likeness (QED) is 0.0594. The predicted molar refractivity (Wildman–Crippen MR) is 271 cm³/mol. The van der Waals surface area contributed by atoms with Crippen molar-refractivity contribution in [3.05, 3.63) is 192 Å². The van der Waals surface area contributed by atoms with Gasteiger partial charge in [-0.3, -0.25) is 14.3 Å². The number of hydrogen-bond acceptors (Lipinski definition) is 8. The number of benzene rings is 5. The Bertz CT molecular complexity index is 2770. The summed E-state index contributed by atoms with van der Waals surface area (Å²) in [5.74, 6) is 0.826. The fraction of sp³-hybridized carbons (Fsp3) is 0.315. The van der Waals surface area contributed by atoms with Crippen molar-refractivity contribution in [1.29, 1.82) is 0 Å². The zero-order valence-electron chi connectivity index (χ0n) is 39.9. The molecule has 67 heavy (non-hydrogen) atoms. The average molecular weight is 936 g/mol. The van der Waals surface area contributed by atoms with Crippen LogP contribution in [0.5, 0.6) is 5.75 Å². The number of H-pyrrole nitrogens is 1. The number of methoxy groups -OCH3 is 1. The Labute approximate surface area is 395 Å². The number of imidazole rings is 1. The number of nitrogens with one attached hydrogen (secondary N) is 2. The Hall–Kier alpha value is -5.97. The summed E-state index contributed by atoms with van der Waals surface area (Å²) in [6, 6.07) is 48.3. The lowest BCUT2D eigenvalue weighted by molar-refractivity contribution is -0.0905. The van der Waals surface area contributed by atoms with Gasteiger partial charge in [0.15, 0.2) is 31.9 Å². The minimum atomic E-state index is -3.17. The van der Waals surface area contributed by atoms with Crippen molar-refractivity contribution in [3.8, 4) is 5.75 Å². The number of rotatable bonds is 15. The highest BCUT2D eigenvalue weighted by Gasteiger charge is 2.61. The lowest BCUT2D eigenvalue weighted by Gasteiger charge is -2.46. The summed E-state index contributed by atoms with van der Waals surface area (Å²) in [6.45, 7) is 21.4. The van der Waals surface area contributed by atoms with Gasteiger partial charge in [-0.1, -0.05) is 181 Å². The summed E-state index contributed by atoms with van der Waals surface area (Å²) in [5.41, 5.74) is -0.305. The lowest BCUT2D eigenvalue weighted by Crippen LogP contribution is -2.68. The Morgan fingerprint density at radius 3 is 1.78 bits per heavy atom. The number of nitrogens with zero attached hydrogens (tertiary/aromatic N) is 3. The minimum Gasteiger partial charge on any atom is -0.497 e. The fourth-order valence-corrected chi connectivity index (χ4v) is 15.2. The highest BCUT2D eigenvalue weighted by Crippen LogP contribution is 2.49. The van der Waals surface area contributed by atoms with Gasteiger partial charge in [0, 0.05) is 0 Å². The van der Waals surface area contributed by atoms with E-state index in [1.165, 1.54) is 10.9 Å². The zero-order valence-corrected chi connectivity index (χ0v) is 41.9. The van der Waals surface area contributed by atoms with Gasteiger partial charge in [-0.2, -0.15) is 4.98 Å². The van der Waals surface area contributed by atoms with Gasteiger partial charge < -0.3 is 23.6 Å². The first-order chi connectivity index (χ1) is 31.9. The average Bonchev–Trinajstić information content (AvgIpc) is 3.87. The Morgan fingerprint density at radius 2 is 1.30 bits per heavy atom. The molecule has 0 amide bonds. The van der Waals surface area contributed by atoms with Crippen molar-refractivity contribution in [2.24, 2.45) is 0 Å². The summed E-state index contributed by atoms with van der Waals surface area (Å²) < 4.78 is 46.9. The summed E-state index contributed by atoms with van der Waals surface area (Å²) >= 11 is 0. The van der Waals surface area contributed by atoms with E-state index < -0.39 is 51.8 Å². The van der Waals surface area contributed by atoms with Crippen LogP contribution in [0.25, 0.3) is 11.2 Å². The van der Waals surface area contributed by atoms with Crippen molar-refractivity contribution in [1.82, 2.24) is 19.5 Å². The van der Waals surface area contributed by atoms with Crippen LogP contribution >= 0.6 is 0 Å². The van der Waals surface area contributed by atoms with Crippen molar-refractivity contribution >= 4 is 44.1 Å². The lowest BCUT2D eigenvalue weighted by atomic mass is 9.77. The molecule has 0 spiro atoms. The maximum absolute atomic E-state index is 18.1. The number of anilines is 1. The number of halogens is 1. The largest absolute Gasteiger partial charge is 0.497 e. The molecule has 4 atom stereocenters. The van der Waals surface area contributed by atoms with Gasteiger partial charge in [-0.25, -0.2) is 9.37 Å². The van der Waals surface area contributed by atoms with Gasteiger partial charge in [-0.15, -0.1) is 6.58 Å². The molecule has 7 aromatic rings. The topological polar surface area (TPSA) is 113 Å². The molecule has 0 bridgehead atoms. The van der Waals surface area contributed by atoms with Gasteiger partial charge in [0.25, 0.3) is 13.9 Å². The Morgan fingerprint density at radius 1 is 0.791 bits per heavy atom. The molecule has 10 nitrogen and oxygen atoms in total. The van der Waals surface area contributed by atoms with Crippen LogP contribution in [0.1, 0.15) is 64.5 Å². The number of aromatic amines is 1. The third-order valence-electron chi connectivity index (χ3n) is 13.8. The summed E-state index contributed by atoms with van der Waals surface area (Å²) in [5, 5.41) is 5.15. The monoisotopic (exact) mass is 935 g/mol. The molecule has 0 saturated carbocycles. The molecule has 348 valence electrons. The number of fused-ring (bicyclic) bond motifs is 1. The van der Waals surface area contributed by atoms with Crippen LogP contribution in [0.15, 0.2) is 169 Å². The molecule has 1 fully saturated rings. The van der Waals surface area contributed by atoms with Crippen LogP contribution in [0.3, 0.4) is 0 Å². The Balaban J connectivity index is 1.27. The van der Waals surface area contributed by atoms with Gasteiger partial charge in [0.1, 0.15) is 23.0 Å². The van der Waals surface area contributed by atoms with Crippen molar-refractivity contribution in [3.63, 3.8) is 0 Å².